The second-order valence-corrected chi connectivity index (χ2v) is 5.52. The van der Waals surface area contributed by atoms with Crippen LogP contribution >= 0.6 is 23.2 Å². The zero-order valence-corrected chi connectivity index (χ0v) is 12.4. The molecule has 0 bridgehead atoms. The minimum atomic E-state index is -0.00151. The van der Waals surface area contributed by atoms with Gasteiger partial charge in [-0.05, 0) is 37.3 Å². The first-order valence-electron chi connectivity index (χ1n) is 6.33. The molecule has 2 nitrogen and oxygen atoms in total. The van der Waals surface area contributed by atoms with Crippen molar-refractivity contribution < 1.29 is 4.42 Å². The molecule has 1 aromatic heterocycles. The van der Waals surface area contributed by atoms with Crippen molar-refractivity contribution in [2.45, 2.75) is 13.0 Å². The minimum Gasteiger partial charge on any atom is -0.459 e. The average molecular weight is 306 g/mol. The predicted molar refractivity (Wildman–Crippen MR) is 84.7 cm³/mol. The molecule has 102 valence electrons. The van der Waals surface area contributed by atoms with Crippen molar-refractivity contribution in [1.82, 2.24) is 0 Å². The van der Waals surface area contributed by atoms with Gasteiger partial charge in [-0.15, -0.1) is 0 Å². The molecule has 0 spiro atoms. The number of hydrogen-bond acceptors (Lipinski definition) is 2. The molecule has 1 heterocycles. The lowest BCUT2D eigenvalue weighted by Gasteiger charge is -2.14. The SMILES string of the molecule is CC(Nc1cc(Cl)ccc1Cl)c1cc2ccccc2o1. The maximum atomic E-state index is 6.15. The second kappa shape index (κ2) is 5.39. The first kappa shape index (κ1) is 13.3. The van der Waals surface area contributed by atoms with E-state index in [4.69, 9.17) is 27.6 Å². The molecule has 0 saturated carbocycles. The third-order valence-corrected chi connectivity index (χ3v) is 3.74. The molecule has 0 saturated heterocycles. The Kier molecular flexibility index (Phi) is 3.60. The summed E-state index contributed by atoms with van der Waals surface area (Å²) in [5.74, 6) is 0.863. The minimum absolute atomic E-state index is 0.00151. The normalized spacial score (nSPS) is 12.6. The van der Waals surface area contributed by atoms with Gasteiger partial charge in [-0.3, -0.25) is 0 Å². The lowest BCUT2D eigenvalue weighted by atomic mass is 10.2. The van der Waals surface area contributed by atoms with E-state index in [-0.39, 0.29) is 6.04 Å². The van der Waals surface area contributed by atoms with E-state index in [1.807, 2.05) is 43.3 Å². The van der Waals surface area contributed by atoms with Gasteiger partial charge in [-0.25, -0.2) is 0 Å². The standard InChI is InChI=1S/C16H13Cl2NO/c1-10(19-14-9-12(17)6-7-13(14)18)16-8-11-4-2-3-5-15(11)20-16/h2-10,19H,1H3. The van der Waals surface area contributed by atoms with Crippen LogP contribution in [0.15, 0.2) is 52.9 Å². The van der Waals surface area contributed by atoms with Gasteiger partial charge in [-0.2, -0.15) is 0 Å². The second-order valence-electron chi connectivity index (χ2n) is 4.68. The van der Waals surface area contributed by atoms with Crippen molar-refractivity contribution in [2.24, 2.45) is 0 Å². The highest BCUT2D eigenvalue weighted by atomic mass is 35.5. The fourth-order valence-corrected chi connectivity index (χ4v) is 2.47. The van der Waals surface area contributed by atoms with E-state index in [1.54, 1.807) is 12.1 Å². The van der Waals surface area contributed by atoms with Gasteiger partial charge >= 0.3 is 0 Å². The number of furan rings is 1. The Morgan fingerprint density at radius 1 is 1.05 bits per heavy atom. The van der Waals surface area contributed by atoms with Crippen LogP contribution in [0.25, 0.3) is 11.0 Å². The molecule has 1 N–H and O–H groups in total. The molecule has 0 aliphatic heterocycles. The van der Waals surface area contributed by atoms with Gasteiger partial charge in [0.2, 0.25) is 0 Å². The van der Waals surface area contributed by atoms with Crippen LogP contribution in [0.3, 0.4) is 0 Å². The van der Waals surface area contributed by atoms with Gasteiger partial charge in [0.15, 0.2) is 0 Å². The Balaban J connectivity index is 1.88. The molecule has 1 unspecified atom stereocenters. The van der Waals surface area contributed by atoms with Gasteiger partial charge in [0.25, 0.3) is 0 Å². The quantitative estimate of drug-likeness (QED) is 0.650. The van der Waals surface area contributed by atoms with Crippen molar-refractivity contribution >= 4 is 39.9 Å². The topological polar surface area (TPSA) is 25.2 Å². The molecule has 0 amide bonds. The third-order valence-electron chi connectivity index (χ3n) is 3.17. The largest absolute Gasteiger partial charge is 0.459 e. The highest BCUT2D eigenvalue weighted by Gasteiger charge is 2.12. The number of hydrogen-bond donors (Lipinski definition) is 1. The Morgan fingerprint density at radius 3 is 2.65 bits per heavy atom. The van der Waals surface area contributed by atoms with E-state index >= 15 is 0 Å². The van der Waals surface area contributed by atoms with Crippen LogP contribution in [0.4, 0.5) is 5.69 Å². The number of anilines is 1. The summed E-state index contributed by atoms with van der Waals surface area (Å²) in [5, 5.41) is 5.69. The van der Waals surface area contributed by atoms with E-state index in [0.29, 0.717) is 10.0 Å². The summed E-state index contributed by atoms with van der Waals surface area (Å²) in [4.78, 5) is 0. The Morgan fingerprint density at radius 2 is 1.85 bits per heavy atom. The fraction of sp³-hybridized carbons (Fsp3) is 0.125. The van der Waals surface area contributed by atoms with Crippen LogP contribution in [0.2, 0.25) is 10.0 Å². The summed E-state index contributed by atoms with van der Waals surface area (Å²) in [6.45, 7) is 2.02. The number of fused-ring (bicyclic) bond motifs is 1. The van der Waals surface area contributed by atoms with Crippen molar-refractivity contribution in [3.63, 3.8) is 0 Å². The highest BCUT2D eigenvalue weighted by molar-refractivity contribution is 6.35. The summed E-state index contributed by atoms with van der Waals surface area (Å²) in [6.07, 6.45) is 0. The van der Waals surface area contributed by atoms with E-state index in [9.17, 15) is 0 Å². The van der Waals surface area contributed by atoms with Crippen molar-refractivity contribution in [2.75, 3.05) is 5.32 Å². The summed E-state index contributed by atoms with van der Waals surface area (Å²) < 4.78 is 5.83. The molecular weight excluding hydrogens is 293 g/mol. The number of halogens is 2. The van der Waals surface area contributed by atoms with E-state index in [2.05, 4.69) is 5.32 Å². The van der Waals surface area contributed by atoms with E-state index in [1.165, 1.54) is 0 Å². The Hall–Kier alpha value is -1.64. The van der Waals surface area contributed by atoms with Gasteiger partial charge < -0.3 is 9.73 Å². The zero-order valence-electron chi connectivity index (χ0n) is 10.9. The van der Waals surface area contributed by atoms with Crippen LogP contribution in [-0.4, -0.2) is 0 Å². The zero-order chi connectivity index (χ0) is 14.1. The molecule has 0 radical (unpaired) electrons. The molecule has 3 aromatic rings. The number of para-hydroxylation sites is 1. The molecule has 1 atom stereocenters. The van der Waals surface area contributed by atoms with Crippen LogP contribution in [0, 0.1) is 0 Å². The van der Waals surface area contributed by atoms with E-state index < -0.39 is 0 Å². The third kappa shape index (κ3) is 2.62. The number of rotatable bonds is 3. The van der Waals surface area contributed by atoms with Gasteiger partial charge in [0, 0.05) is 10.4 Å². The molecule has 20 heavy (non-hydrogen) atoms. The molecule has 2 aromatic carbocycles. The smallest absolute Gasteiger partial charge is 0.134 e. The molecule has 4 heteroatoms. The number of nitrogens with one attached hydrogen (secondary N) is 1. The molecule has 0 fully saturated rings. The first-order valence-corrected chi connectivity index (χ1v) is 7.09. The van der Waals surface area contributed by atoms with Crippen LogP contribution < -0.4 is 5.32 Å². The molecule has 3 rings (SSSR count). The van der Waals surface area contributed by atoms with Gasteiger partial charge in [0.1, 0.15) is 11.3 Å². The summed E-state index contributed by atoms with van der Waals surface area (Å²) in [5.41, 5.74) is 1.68. The van der Waals surface area contributed by atoms with Gasteiger partial charge in [0.05, 0.1) is 16.8 Å². The van der Waals surface area contributed by atoms with Gasteiger partial charge in [-0.1, -0.05) is 41.4 Å². The summed E-state index contributed by atoms with van der Waals surface area (Å²) in [7, 11) is 0. The number of benzene rings is 2. The van der Waals surface area contributed by atoms with Crippen molar-refractivity contribution in [1.29, 1.82) is 0 Å². The summed E-state index contributed by atoms with van der Waals surface area (Å²) in [6, 6.07) is 15.3. The molecule has 0 aliphatic carbocycles. The Labute approximate surface area is 127 Å². The maximum absolute atomic E-state index is 6.15. The highest BCUT2D eigenvalue weighted by Crippen LogP contribution is 2.30. The van der Waals surface area contributed by atoms with Crippen LogP contribution in [0.5, 0.6) is 0 Å². The van der Waals surface area contributed by atoms with Crippen LogP contribution in [0.1, 0.15) is 18.7 Å². The Bertz CT molecular complexity index is 718. The first-order chi connectivity index (χ1) is 9.63. The maximum Gasteiger partial charge on any atom is 0.134 e. The lowest BCUT2D eigenvalue weighted by Crippen LogP contribution is -2.05. The van der Waals surface area contributed by atoms with Crippen molar-refractivity contribution in [3.05, 3.63) is 64.3 Å². The average Bonchev–Trinajstić information content (AvgIpc) is 2.87. The fourth-order valence-electron chi connectivity index (χ4n) is 2.13. The predicted octanol–water partition coefficient (Wildman–Crippen LogP) is 5.91. The lowest BCUT2D eigenvalue weighted by molar-refractivity contribution is 0.526. The molecular formula is C16H13Cl2NO. The monoisotopic (exact) mass is 305 g/mol. The van der Waals surface area contributed by atoms with Crippen molar-refractivity contribution in [3.8, 4) is 0 Å². The molecule has 0 aliphatic rings. The van der Waals surface area contributed by atoms with E-state index in [0.717, 1.165) is 22.4 Å². The summed E-state index contributed by atoms with van der Waals surface area (Å²) >= 11 is 12.1. The van der Waals surface area contributed by atoms with Crippen LogP contribution in [-0.2, 0) is 0 Å².